The third kappa shape index (κ3) is 4.39. The normalized spacial score (nSPS) is 23.9. The van der Waals surface area contributed by atoms with Crippen LogP contribution >= 0.6 is 11.3 Å². The minimum absolute atomic E-state index is 0.166. The smallest absolute Gasteiger partial charge is 0.341 e. The Bertz CT molecular complexity index is 848. The molecule has 0 fully saturated rings. The van der Waals surface area contributed by atoms with Gasteiger partial charge in [0.05, 0.1) is 24.5 Å². The molecule has 7 heteroatoms. The minimum atomic E-state index is -0.971. The van der Waals surface area contributed by atoms with E-state index in [1.54, 1.807) is 6.08 Å². The molecule has 0 saturated carbocycles. The molecule has 1 heterocycles. The van der Waals surface area contributed by atoms with Crippen molar-refractivity contribution in [3.8, 4) is 0 Å². The van der Waals surface area contributed by atoms with Crippen molar-refractivity contribution in [1.82, 2.24) is 0 Å². The molecule has 0 bridgehead atoms. The Morgan fingerprint density at radius 1 is 1.17 bits per heavy atom. The van der Waals surface area contributed by atoms with Crippen LogP contribution in [0.15, 0.2) is 12.2 Å². The van der Waals surface area contributed by atoms with Crippen molar-refractivity contribution in [3.05, 3.63) is 28.2 Å². The van der Waals surface area contributed by atoms with Crippen molar-refractivity contribution in [3.63, 3.8) is 0 Å². The quantitative estimate of drug-likeness (QED) is 0.561. The number of rotatable bonds is 4. The van der Waals surface area contributed by atoms with Crippen LogP contribution in [0.25, 0.3) is 0 Å². The molecule has 3 atom stereocenters. The van der Waals surface area contributed by atoms with Gasteiger partial charge < -0.3 is 15.2 Å². The van der Waals surface area contributed by atoms with Gasteiger partial charge in [0.1, 0.15) is 5.00 Å². The van der Waals surface area contributed by atoms with Gasteiger partial charge in [-0.1, -0.05) is 32.9 Å². The molecule has 158 valence electrons. The first-order valence-corrected chi connectivity index (χ1v) is 10.9. The Balaban J connectivity index is 1.90. The highest BCUT2D eigenvalue weighted by Gasteiger charge is 2.37. The molecule has 3 rings (SSSR count). The van der Waals surface area contributed by atoms with Gasteiger partial charge in [-0.25, -0.2) is 4.79 Å². The summed E-state index contributed by atoms with van der Waals surface area (Å²) in [5, 5.41) is 12.8. The Labute approximate surface area is 175 Å². The molecule has 2 aliphatic rings. The fourth-order valence-corrected chi connectivity index (χ4v) is 5.63. The summed E-state index contributed by atoms with van der Waals surface area (Å²) >= 11 is 1.43. The number of carbonyl (C=O) groups excluding carboxylic acids is 2. The van der Waals surface area contributed by atoms with E-state index in [2.05, 4.69) is 26.1 Å². The number of hydrogen-bond acceptors (Lipinski definition) is 5. The van der Waals surface area contributed by atoms with Gasteiger partial charge >= 0.3 is 11.9 Å². The summed E-state index contributed by atoms with van der Waals surface area (Å²) in [6, 6.07) is 0. The fraction of sp³-hybridized carbons (Fsp3) is 0.591. The zero-order valence-corrected chi connectivity index (χ0v) is 18.2. The summed E-state index contributed by atoms with van der Waals surface area (Å²) in [4.78, 5) is 38.1. The molecule has 2 aliphatic carbocycles. The van der Waals surface area contributed by atoms with E-state index in [-0.39, 0.29) is 11.3 Å². The number of carboxylic acids is 1. The van der Waals surface area contributed by atoms with Gasteiger partial charge in [0, 0.05) is 4.88 Å². The van der Waals surface area contributed by atoms with Crippen LogP contribution in [0, 0.1) is 23.2 Å². The lowest BCUT2D eigenvalue weighted by Crippen LogP contribution is -2.34. The fourth-order valence-electron chi connectivity index (χ4n) is 4.31. The third-order valence-electron chi connectivity index (χ3n) is 6.20. The molecule has 0 saturated heterocycles. The third-order valence-corrected chi connectivity index (χ3v) is 7.37. The van der Waals surface area contributed by atoms with E-state index in [1.165, 1.54) is 18.4 Å². The molecule has 1 aromatic heterocycles. The van der Waals surface area contributed by atoms with E-state index >= 15 is 0 Å². The Morgan fingerprint density at radius 3 is 2.41 bits per heavy atom. The van der Waals surface area contributed by atoms with Crippen LogP contribution in [0.5, 0.6) is 0 Å². The van der Waals surface area contributed by atoms with Gasteiger partial charge in [0.25, 0.3) is 0 Å². The molecule has 2 N–H and O–H groups in total. The average Bonchev–Trinajstić information content (AvgIpc) is 3.03. The predicted octanol–water partition coefficient (Wildman–Crippen LogP) is 4.29. The maximum atomic E-state index is 12.9. The van der Waals surface area contributed by atoms with Crippen molar-refractivity contribution in [2.24, 2.45) is 23.2 Å². The topological polar surface area (TPSA) is 92.7 Å². The number of fused-ring (bicyclic) bond motifs is 1. The van der Waals surface area contributed by atoms with Crippen LogP contribution in [0.3, 0.4) is 0 Å². The van der Waals surface area contributed by atoms with Crippen LogP contribution in [0.1, 0.15) is 60.8 Å². The van der Waals surface area contributed by atoms with Gasteiger partial charge in [-0.05, 0) is 49.0 Å². The number of thiophene rings is 1. The van der Waals surface area contributed by atoms with Crippen LogP contribution < -0.4 is 5.32 Å². The second kappa shape index (κ2) is 8.30. The van der Waals surface area contributed by atoms with E-state index < -0.39 is 23.8 Å². The zero-order valence-electron chi connectivity index (χ0n) is 17.4. The van der Waals surface area contributed by atoms with Crippen molar-refractivity contribution >= 4 is 34.2 Å². The Morgan fingerprint density at radius 2 is 1.83 bits per heavy atom. The molecular weight excluding hydrogens is 390 g/mol. The highest BCUT2D eigenvalue weighted by Crippen LogP contribution is 2.44. The van der Waals surface area contributed by atoms with Crippen molar-refractivity contribution in [2.45, 2.75) is 52.9 Å². The number of hydrogen-bond donors (Lipinski definition) is 2. The molecule has 6 nitrogen and oxygen atoms in total. The number of ether oxygens (including phenoxy) is 1. The highest BCUT2D eigenvalue weighted by molar-refractivity contribution is 7.17. The molecule has 0 spiro atoms. The lowest BCUT2D eigenvalue weighted by Gasteiger charge is -2.33. The second-order valence-corrected chi connectivity index (χ2v) is 10.1. The van der Waals surface area contributed by atoms with Gasteiger partial charge in [-0.2, -0.15) is 0 Å². The highest BCUT2D eigenvalue weighted by atomic mass is 32.1. The lowest BCUT2D eigenvalue weighted by molar-refractivity contribution is -0.146. The van der Waals surface area contributed by atoms with Crippen molar-refractivity contribution in [2.75, 3.05) is 12.4 Å². The van der Waals surface area contributed by atoms with Crippen LogP contribution in [-0.4, -0.2) is 30.1 Å². The van der Waals surface area contributed by atoms with Gasteiger partial charge in [-0.3, -0.25) is 9.59 Å². The molecule has 0 radical (unpaired) electrons. The zero-order chi connectivity index (χ0) is 21.3. The summed E-state index contributed by atoms with van der Waals surface area (Å²) in [7, 11) is 1.34. The number of methoxy groups -OCH3 is 1. The Kier molecular flexibility index (Phi) is 6.17. The number of amides is 1. The maximum absolute atomic E-state index is 12.9. The summed E-state index contributed by atoms with van der Waals surface area (Å²) < 4.78 is 4.99. The Hall–Kier alpha value is -2.15. The summed E-state index contributed by atoms with van der Waals surface area (Å²) in [5.74, 6) is -2.67. The summed E-state index contributed by atoms with van der Waals surface area (Å²) in [6.07, 6.45) is 7.00. The van der Waals surface area contributed by atoms with E-state index in [1.807, 2.05) is 6.08 Å². The van der Waals surface area contributed by atoms with Crippen molar-refractivity contribution < 1.29 is 24.2 Å². The summed E-state index contributed by atoms with van der Waals surface area (Å²) in [5.41, 5.74) is 1.57. The van der Waals surface area contributed by atoms with Crippen LogP contribution in [0.4, 0.5) is 5.00 Å². The van der Waals surface area contributed by atoms with Crippen LogP contribution in [0.2, 0.25) is 0 Å². The standard InChI is InChI=1S/C22H29NO5S/c1-22(2,3)12-9-10-15-16(11-12)29-19(17(15)21(27)28-4)23-18(24)13-7-5-6-8-14(13)20(25)26/h5-6,12-14H,7-11H2,1-4H3,(H,23,24)(H,25,26)/t12-,13+,14-/m1/s1. The minimum Gasteiger partial charge on any atom is -0.481 e. The van der Waals surface area contributed by atoms with E-state index in [4.69, 9.17) is 4.74 Å². The van der Waals surface area contributed by atoms with E-state index in [0.29, 0.717) is 29.3 Å². The lowest BCUT2D eigenvalue weighted by atomic mass is 9.72. The second-order valence-electron chi connectivity index (χ2n) is 8.99. The first kappa shape index (κ1) is 21.6. The average molecular weight is 420 g/mol. The number of anilines is 1. The monoisotopic (exact) mass is 419 g/mol. The number of allylic oxidation sites excluding steroid dienone is 2. The predicted molar refractivity (Wildman–Crippen MR) is 112 cm³/mol. The SMILES string of the molecule is COC(=O)c1c(NC(=O)[C@H]2CC=CC[C@H]2C(=O)O)sc2c1CC[C@@H](C(C)(C)C)C2. The van der Waals surface area contributed by atoms with E-state index in [0.717, 1.165) is 29.7 Å². The number of carbonyl (C=O) groups is 3. The molecule has 1 amide bonds. The van der Waals surface area contributed by atoms with E-state index in [9.17, 15) is 19.5 Å². The molecule has 0 unspecified atom stereocenters. The molecule has 29 heavy (non-hydrogen) atoms. The number of aliphatic carboxylic acids is 1. The maximum Gasteiger partial charge on any atom is 0.341 e. The van der Waals surface area contributed by atoms with Crippen LogP contribution in [-0.2, 0) is 27.2 Å². The van der Waals surface area contributed by atoms with Crippen molar-refractivity contribution in [1.29, 1.82) is 0 Å². The molecule has 0 aliphatic heterocycles. The molecular formula is C22H29NO5S. The van der Waals surface area contributed by atoms with Gasteiger partial charge in [0.2, 0.25) is 5.91 Å². The molecule has 0 aromatic carbocycles. The number of carboxylic acid groups (broad SMARTS) is 1. The number of nitrogens with one attached hydrogen (secondary N) is 1. The first-order valence-electron chi connectivity index (χ1n) is 10.0. The first-order chi connectivity index (χ1) is 13.6. The summed E-state index contributed by atoms with van der Waals surface area (Å²) in [6.45, 7) is 6.68. The van der Waals surface area contributed by atoms with Gasteiger partial charge in [-0.15, -0.1) is 11.3 Å². The number of esters is 1. The van der Waals surface area contributed by atoms with Gasteiger partial charge in [0.15, 0.2) is 0 Å². The largest absolute Gasteiger partial charge is 0.481 e. The molecule has 1 aromatic rings.